The molecule has 2 N–H and O–H groups in total. The minimum atomic E-state index is -0.532. The molecule has 0 bridgehead atoms. The van der Waals surface area contributed by atoms with Gasteiger partial charge in [-0.2, -0.15) is 0 Å². The third-order valence-corrected chi connectivity index (χ3v) is 3.22. The monoisotopic (exact) mass is 327 g/mol. The van der Waals surface area contributed by atoms with Crippen molar-refractivity contribution in [3.05, 3.63) is 59.7 Å². The van der Waals surface area contributed by atoms with E-state index in [4.69, 9.17) is 4.74 Å². The molecule has 0 aliphatic heterocycles. The summed E-state index contributed by atoms with van der Waals surface area (Å²) >= 11 is 0. The standard InChI is InChI=1S/C18H17NO5/c1-23-16-9-7-12(11-15(16)20)8-10-17(21)19-14-6-4-3-5-13(14)18(22)24-2/h3-11,20H,1-2H3,(H,19,21). The molecule has 0 unspecified atom stereocenters. The van der Waals surface area contributed by atoms with Gasteiger partial charge in [-0.05, 0) is 35.9 Å². The van der Waals surface area contributed by atoms with Crippen molar-refractivity contribution in [1.29, 1.82) is 0 Å². The quantitative estimate of drug-likeness (QED) is 0.651. The number of phenolic OH excluding ortho intramolecular Hbond substituents is 1. The zero-order chi connectivity index (χ0) is 17.5. The second-order valence-corrected chi connectivity index (χ2v) is 4.79. The zero-order valence-corrected chi connectivity index (χ0v) is 13.3. The number of ether oxygens (including phenoxy) is 2. The van der Waals surface area contributed by atoms with Crippen molar-refractivity contribution in [2.45, 2.75) is 0 Å². The normalized spacial score (nSPS) is 10.4. The average molecular weight is 327 g/mol. The molecule has 0 aromatic heterocycles. The van der Waals surface area contributed by atoms with Crippen molar-refractivity contribution < 1.29 is 24.2 Å². The van der Waals surface area contributed by atoms with Crippen molar-refractivity contribution in [2.24, 2.45) is 0 Å². The van der Waals surface area contributed by atoms with Crippen LogP contribution in [0.5, 0.6) is 11.5 Å². The minimum absolute atomic E-state index is 0.0175. The van der Waals surface area contributed by atoms with Crippen LogP contribution in [-0.2, 0) is 9.53 Å². The number of carbonyl (C=O) groups excluding carboxylic acids is 2. The van der Waals surface area contributed by atoms with Crippen molar-refractivity contribution in [3.8, 4) is 11.5 Å². The zero-order valence-electron chi connectivity index (χ0n) is 13.3. The van der Waals surface area contributed by atoms with Crippen molar-refractivity contribution >= 4 is 23.6 Å². The van der Waals surface area contributed by atoms with Crippen molar-refractivity contribution in [3.63, 3.8) is 0 Å². The number of hydrogen-bond donors (Lipinski definition) is 2. The van der Waals surface area contributed by atoms with E-state index in [1.807, 2.05) is 0 Å². The Hall–Kier alpha value is -3.28. The van der Waals surface area contributed by atoms with Crippen molar-refractivity contribution in [2.75, 3.05) is 19.5 Å². The maximum atomic E-state index is 12.0. The Balaban J connectivity index is 2.11. The summed E-state index contributed by atoms with van der Waals surface area (Å²) in [5, 5.41) is 12.3. The fraction of sp³-hybridized carbons (Fsp3) is 0.111. The van der Waals surface area contributed by atoms with Crippen LogP contribution in [0.3, 0.4) is 0 Å². The Bertz CT molecular complexity index is 783. The summed E-state index contributed by atoms with van der Waals surface area (Å²) in [6, 6.07) is 11.3. The molecule has 0 fully saturated rings. The fourth-order valence-electron chi connectivity index (χ4n) is 2.04. The molecule has 2 aromatic rings. The summed E-state index contributed by atoms with van der Waals surface area (Å²) in [5.41, 5.74) is 1.25. The molecule has 6 heteroatoms. The van der Waals surface area contributed by atoms with Gasteiger partial charge in [-0.1, -0.05) is 18.2 Å². The molecule has 0 spiro atoms. The van der Waals surface area contributed by atoms with E-state index in [9.17, 15) is 14.7 Å². The molecule has 0 radical (unpaired) electrons. The topological polar surface area (TPSA) is 84.9 Å². The first-order valence-electron chi connectivity index (χ1n) is 7.08. The third-order valence-electron chi connectivity index (χ3n) is 3.22. The number of nitrogens with one attached hydrogen (secondary N) is 1. The van der Waals surface area contributed by atoms with E-state index in [-0.39, 0.29) is 11.3 Å². The molecule has 0 heterocycles. The summed E-state index contributed by atoms with van der Waals surface area (Å²) in [4.78, 5) is 23.7. The molecule has 0 saturated heterocycles. The molecule has 0 aliphatic carbocycles. The van der Waals surface area contributed by atoms with Gasteiger partial charge in [0.25, 0.3) is 0 Å². The summed E-state index contributed by atoms with van der Waals surface area (Å²) in [6.45, 7) is 0. The third kappa shape index (κ3) is 4.13. The van der Waals surface area contributed by atoms with Crippen LogP contribution in [0.25, 0.3) is 6.08 Å². The van der Waals surface area contributed by atoms with Gasteiger partial charge in [0, 0.05) is 6.08 Å². The Morgan fingerprint density at radius 3 is 2.54 bits per heavy atom. The van der Waals surface area contributed by atoms with Crippen LogP contribution >= 0.6 is 0 Å². The van der Waals surface area contributed by atoms with Gasteiger partial charge in [0.2, 0.25) is 5.91 Å². The highest BCUT2D eigenvalue weighted by Crippen LogP contribution is 2.26. The summed E-state index contributed by atoms with van der Waals surface area (Å²) in [7, 11) is 2.73. The van der Waals surface area contributed by atoms with E-state index < -0.39 is 11.9 Å². The number of phenols is 1. The molecule has 1 amide bonds. The second kappa shape index (κ2) is 7.82. The molecule has 0 saturated carbocycles. The van der Waals surface area contributed by atoms with Crippen LogP contribution < -0.4 is 10.1 Å². The van der Waals surface area contributed by atoms with Gasteiger partial charge in [-0.15, -0.1) is 0 Å². The predicted molar refractivity (Wildman–Crippen MR) is 90.1 cm³/mol. The van der Waals surface area contributed by atoms with Crippen LogP contribution in [0.4, 0.5) is 5.69 Å². The van der Waals surface area contributed by atoms with E-state index in [1.54, 1.807) is 36.4 Å². The summed E-state index contributed by atoms with van der Waals surface area (Å²) in [5.74, 6) is -0.615. The van der Waals surface area contributed by atoms with Crippen LogP contribution in [0.15, 0.2) is 48.5 Å². The smallest absolute Gasteiger partial charge is 0.339 e. The molecule has 124 valence electrons. The van der Waals surface area contributed by atoms with Gasteiger partial charge in [0.1, 0.15) is 0 Å². The lowest BCUT2D eigenvalue weighted by molar-refractivity contribution is -0.111. The summed E-state index contributed by atoms with van der Waals surface area (Å²) in [6.07, 6.45) is 2.84. The lowest BCUT2D eigenvalue weighted by Crippen LogP contribution is -2.12. The maximum absolute atomic E-state index is 12.0. The highest BCUT2D eigenvalue weighted by Gasteiger charge is 2.12. The predicted octanol–water partition coefficient (Wildman–Crippen LogP) is 2.84. The highest BCUT2D eigenvalue weighted by atomic mass is 16.5. The molecule has 2 rings (SSSR count). The Kier molecular flexibility index (Phi) is 5.57. The molecule has 0 aliphatic rings. The Morgan fingerprint density at radius 2 is 1.88 bits per heavy atom. The number of carbonyl (C=O) groups is 2. The number of rotatable bonds is 5. The van der Waals surface area contributed by atoms with E-state index >= 15 is 0 Å². The molecule has 0 atom stereocenters. The Labute approximate surface area is 139 Å². The van der Waals surface area contributed by atoms with Crippen LogP contribution in [-0.4, -0.2) is 31.2 Å². The number of amides is 1. The van der Waals surface area contributed by atoms with E-state index in [2.05, 4.69) is 10.1 Å². The average Bonchev–Trinajstić information content (AvgIpc) is 2.60. The maximum Gasteiger partial charge on any atom is 0.339 e. The fourth-order valence-corrected chi connectivity index (χ4v) is 2.04. The van der Waals surface area contributed by atoms with Gasteiger partial charge >= 0.3 is 5.97 Å². The second-order valence-electron chi connectivity index (χ2n) is 4.79. The largest absolute Gasteiger partial charge is 0.504 e. The molecule has 2 aromatic carbocycles. The van der Waals surface area contributed by atoms with Gasteiger partial charge in [-0.3, -0.25) is 4.79 Å². The van der Waals surface area contributed by atoms with Gasteiger partial charge in [0.15, 0.2) is 11.5 Å². The van der Waals surface area contributed by atoms with Crippen molar-refractivity contribution in [1.82, 2.24) is 0 Å². The van der Waals surface area contributed by atoms with Gasteiger partial charge in [-0.25, -0.2) is 4.79 Å². The number of methoxy groups -OCH3 is 2. The summed E-state index contributed by atoms with van der Waals surface area (Å²) < 4.78 is 9.63. The SMILES string of the molecule is COC(=O)c1ccccc1NC(=O)C=Cc1ccc(OC)c(O)c1. The first-order chi connectivity index (χ1) is 11.5. The van der Waals surface area contributed by atoms with Crippen LogP contribution in [0.2, 0.25) is 0 Å². The number of anilines is 1. The minimum Gasteiger partial charge on any atom is -0.504 e. The number of esters is 1. The Morgan fingerprint density at radius 1 is 1.12 bits per heavy atom. The molecule has 6 nitrogen and oxygen atoms in total. The van der Waals surface area contributed by atoms with E-state index in [0.717, 1.165) is 0 Å². The van der Waals surface area contributed by atoms with Gasteiger partial charge in [0.05, 0.1) is 25.5 Å². The lowest BCUT2D eigenvalue weighted by Gasteiger charge is -2.07. The number of hydrogen-bond acceptors (Lipinski definition) is 5. The molecular formula is C18H17NO5. The number of para-hydroxylation sites is 1. The van der Waals surface area contributed by atoms with Crippen LogP contribution in [0, 0.1) is 0 Å². The first kappa shape index (κ1) is 17.1. The van der Waals surface area contributed by atoms with Gasteiger partial charge < -0.3 is 19.9 Å². The lowest BCUT2D eigenvalue weighted by atomic mass is 10.1. The molecular weight excluding hydrogens is 310 g/mol. The van der Waals surface area contributed by atoms with E-state index in [1.165, 1.54) is 32.4 Å². The van der Waals surface area contributed by atoms with Crippen LogP contribution in [0.1, 0.15) is 15.9 Å². The van der Waals surface area contributed by atoms with E-state index in [0.29, 0.717) is 17.0 Å². The molecule has 24 heavy (non-hydrogen) atoms. The number of benzene rings is 2. The highest BCUT2D eigenvalue weighted by molar-refractivity contribution is 6.06. The number of aromatic hydroxyl groups is 1. The first-order valence-corrected chi connectivity index (χ1v) is 7.08.